The number of nitrogens with zero attached hydrogens (tertiary/aromatic N) is 5. The van der Waals surface area contributed by atoms with Gasteiger partial charge in [-0.15, -0.1) is 23.7 Å². The molecular weight excluding hydrogens is 447 g/mol. The molecule has 1 saturated carbocycles. The lowest BCUT2D eigenvalue weighted by Crippen LogP contribution is -2.28. The molecule has 160 valence electrons. The predicted molar refractivity (Wildman–Crippen MR) is 119 cm³/mol. The zero-order chi connectivity index (χ0) is 20.0. The Bertz CT molecular complexity index is 1050. The SMILES string of the molecule is Cl.Nc1nc(Cl)nc2c1ncn2C1CCC(C(=O)Nc2nc3c(s2)CNCC3)CC1. The van der Waals surface area contributed by atoms with Gasteiger partial charge in [0, 0.05) is 36.3 Å². The molecule has 0 aromatic carbocycles. The van der Waals surface area contributed by atoms with E-state index in [1.807, 2.05) is 4.57 Å². The molecule has 9 nitrogen and oxygen atoms in total. The summed E-state index contributed by atoms with van der Waals surface area (Å²) in [6.45, 7) is 1.78. The molecule has 12 heteroatoms. The Balaban J connectivity index is 0.00000218. The molecule has 1 fully saturated rings. The Hall–Kier alpha value is -2.01. The fourth-order valence-electron chi connectivity index (χ4n) is 4.18. The van der Waals surface area contributed by atoms with Gasteiger partial charge in [-0.3, -0.25) is 4.79 Å². The molecule has 5 rings (SSSR count). The maximum Gasteiger partial charge on any atom is 0.229 e. The highest BCUT2D eigenvalue weighted by Gasteiger charge is 2.29. The van der Waals surface area contributed by atoms with Gasteiger partial charge in [-0.05, 0) is 37.3 Å². The van der Waals surface area contributed by atoms with Crippen molar-refractivity contribution in [1.29, 1.82) is 0 Å². The molecule has 0 unspecified atom stereocenters. The van der Waals surface area contributed by atoms with E-state index < -0.39 is 0 Å². The maximum atomic E-state index is 12.7. The number of carbonyl (C=O) groups is 1. The Morgan fingerprint density at radius 1 is 1.27 bits per heavy atom. The number of anilines is 2. The smallest absolute Gasteiger partial charge is 0.229 e. The highest BCUT2D eigenvalue weighted by Crippen LogP contribution is 2.35. The van der Waals surface area contributed by atoms with E-state index in [2.05, 4.69) is 30.6 Å². The second-order valence-electron chi connectivity index (χ2n) is 7.51. The topological polar surface area (TPSA) is 124 Å². The van der Waals surface area contributed by atoms with E-state index in [4.69, 9.17) is 17.3 Å². The van der Waals surface area contributed by atoms with E-state index in [1.54, 1.807) is 17.7 Å². The van der Waals surface area contributed by atoms with Crippen LogP contribution in [-0.4, -0.2) is 37.0 Å². The Labute approximate surface area is 188 Å². The molecule has 3 aromatic rings. The number of hydrogen-bond donors (Lipinski definition) is 3. The van der Waals surface area contributed by atoms with Crippen LogP contribution in [0.4, 0.5) is 10.9 Å². The number of nitrogens with two attached hydrogens (primary N) is 1. The fourth-order valence-corrected chi connectivity index (χ4v) is 5.33. The molecular formula is C18H22Cl2N8OS. The number of carbonyl (C=O) groups excluding carboxylic acids is 1. The van der Waals surface area contributed by atoms with Crippen molar-refractivity contribution >= 4 is 63.4 Å². The van der Waals surface area contributed by atoms with Crippen LogP contribution in [0.3, 0.4) is 0 Å². The largest absolute Gasteiger partial charge is 0.382 e. The molecule has 4 heterocycles. The summed E-state index contributed by atoms with van der Waals surface area (Å²) < 4.78 is 2.01. The lowest BCUT2D eigenvalue weighted by atomic mass is 9.85. The Morgan fingerprint density at radius 2 is 2.07 bits per heavy atom. The third-order valence-electron chi connectivity index (χ3n) is 5.71. The van der Waals surface area contributed by atoms with Gasteiger partial charge < -0.3 is 20.9 Å². The van der Waals surface area contributed by atoms with Gasteiger partial charge in [0.15, 0.2) is 16.6 Å². The normalized spacial score (nSPS) is 21.1. The minimum Gasteiger partial charge on any atom is -0.382 e. The fraction of sp³-hybridized carbons (Fsp3) is 0.500. The van der Waals surface area contributed by atoms with Gasteiger partial charge in [-0.25, -0.2) is 9.97 Å². The minimum absolute atomic E-state index is 0. The molecule has 0 atom stereocenters. The van der Waals surface area contributed by atoms with Crippen LogP contribution in [0.15, 0.2) is 6.33 Å². The van der Waals surface area contributed by atoms with Gasteiger partial charge in [0.05, 0.1) is 12.0 Å². The van der Waals surface area contributed by atoms with Crippen molar-refractivity contribution < 1.29 is 4.79 Å². The average molecular weight is 469 g/mol. The van der Waals surface area contributed by atoms with E-state index in [1.165, 1.54) is 4.88 Å². The van der Waals surface area contributed by atoms with Crippen molar-refractivity contribution in [2.75, 3.05) is 17.6 Å². The number of fused-ring (bicyclic) bond motifs is 2. The van der Waals surface area contributed by atoms with Gasteiger partial charge in [0.1, 0.15) is 5.52 Å². The van der Waals surface area contributed by atoms with Crippen LogP contribution in [0.25, 0.3) is 11.2 Å². The van der Waals surface area contributed by atoms with E-state index in [0.717, 1.165) is 50.9 Å². The quantitative estimate of drug-likeness (QED) is 0.504. The standard InChI is InChI=1S/C18H21ClN8OS.ClH/c19-17-24-14(20)13-15(25-17)27(8-22-13)10-3-1-9(2-4-10)16(28)26-18-23-11-5-6-21-7-12(11)29-18;/h8-10,21H,1-7H2,(H2,20,24,25)(H,23,26,28);1H. The Kier molecular flexibility index (Phi) is 6.10. The van der Waals surface area contributed by atoms with Gasteiger partial charge in [-0.2, -0.15) is 9.97 Å². The first kappa shape index (κ1) is 21.2. The first-order valence-electron chi connectivity index (χ1n) is 9.74. The van der Waals surface area contributed by atoms with Gasteiger partial charge >= 0.3 is 0 Å². The van der Waals surface area contributed by atoms with Crippen LogP contribution >= 0.6 is 35.3 Å². The third kappa shape index (κ3) is 3.96. The lowest BCUT2D eigenvalue weighted by Gasteiger charge is -2.28. The number of imidazole rings is 1. The van der Waals surface area contributed by atoms with Gasteiger partial charge in [0.25, 0.3) is 0 Å². The van der Waals surface area contributed by atoms with E-state index in [9.17, 15) is 4.79 Å². The molecule has 1 aliphatic carbocycles. The summed E-state index contributed by atoms with van der Waals surface area (Å²) in [5.41, 5.74) is 8.23. The molecule has 0 saturated heterocycles. The second-order valence-corrected chi connectivity index (χ2v) is 8.93. The highest BCUT2D eigenvalue weighted by atomic mass is 35.5. The number of nitrogens with one attached hydrogen (secondary N) is 2. The summed E-state index contributed by atoms with van der Waals surface area (Å²) in [6.07, 6.45) is 6.00. The summed E-state index contributed by atoms with van der Waals surface area (Å²) in [7, 11) is 0. The molecule has 0 bridgehead atoms. The molecule has 0 spiro atoms. The van der Waals surface area contributed by atoms with Crippen molar-refractivity contribution in [3.05, 3.63) is 22.2 Å². The third-order valence-corrected chi connectivity index (χ3v) is 6.90. The summed E-state index contributed by atoms with van der Waals surface area (Å²) in [5.74, 6) is 0.337. The highest BCUT2D eigenvalue weighted by molar-refractivity contribution is 7.15. The molecule has 1 aliphatic heterocycles. The maximum absolute atomic E-state index is 12.7. The minimum atomic E-state index is -0.0108. The van der Waals surface area contributed by atoms with Crippen molar-refractivity contribution in [3.63, 3.8) is 0 Å². The number of amides is 1. The summed E-state index contributed by atoms with van der Waals surface area (Å²) in [4.78, 5) is 31.1. The van der Waals surface area contributed by atoms with E-state index >= 15 is 0 Å². The number of hydrogen-bond acceptors (Lipinski definition) is 8. The van der Waals surface area contributed by atoms with Gasteiger partial charge in [0.2, 0.25) is 11.2 Å². The lowest BCUT2D eigenvalue weighted by molar-refractivity contribution is -0.120. The summed E-state index contributed by atoms with van der Waals surface area (Å²) in [6, 6.07) is 0.215. The van der Waals surface area contributed by atoms with Crippen LogP contribution in [-0.2, 0) is 17.8 Å². The Morgan fingerprint density at radius 3 is 2.83 bits per heavy atom. The molecule has 4 N–H and O–H groups in total. The van der Waals surface area contributed by atoms with Crippen molar-refractivity contribution in [3.8, 4) is 0 Å². The van der Waals surface area contributed by atoms with E-state index in [0.29, 0.717) is 16.3 Å². The van der Waals surface area contributed by atoms with Crippen LogP contribution in [0.1, 0.15) is 42.3 Å². The number of halogens is 2. The predicted octanol–water partition coefficient (Wildman–Crippen LogP) is 2.96. The molecule has 3 aromatic heterocycles. The number of rotatable bonds is 3. The number of aromatic nitrogens is 5. The summed E-state index contributed by atoms with van der Waals surface area (Å²) >= 11 is 7.54. The van der Waals surface area contributed by atoms with E-state index in [-0.39, 0.29) is 41.4 Å². The molecule has 1 amide bonds. The van der Waals surface area contributed by atoms with Gasteiger partial charge in [-0.1, -0.05) is 0 Å². The molecule has 0 radical (unpaired) electrons. The molecule has 2 aliphatic rings. The zero-order valence-electron chi connectivity index (χ0n) is 16.1. The number of thiazole rings is 1. The molecule has 30 heavy (non-hydrogen) atoms. The zero-order valence-corrected chi connectivity index (χ0v) is 18.5. The monoisotopic (exact) mass is 468 g/mol. The number of nitrogen functional groups attached to an aromatic ring is 1. The van der Waals surface area contributed by atoms with Crippen molar-refractivity contribution in [2.24, 2.45) is 5.92 Å². The van der Waals surface area contributed by atoms with Crippen LogP contribution in [0.5, 0.6) is 0 Å². The second kappa shape index (κ2) is 8.62. The summed E-state index contributed by atoms with van der Waals surface area (Å²) in [5, 5.41) is 7.20. The van der Waals surface area contributed by atoms with Crippen molar-refractivity contribution in [1.82, 2.24) is 29.8 Å². The first-order valence-corrected chi connectivity index (χ1v) is 10.9. The first-order chi connectivity index (χ1) is 14.1. The van der Waals surface area contributed by atoms with Crippen molar-refractivity contribution in [2.45, 2.75) is 44.7 Å². The van der Waals surface area contributed by atoms with Crippen LogP contribution < -0.4 is 16.4 Å². The van der Waals surface area contributed by atoms with Crippen LogP contribution in [0.2, 0.25) is 5.28 Å². The van der Waals surface area contributed by atoms with Crippen LogP contribution in [0, 0.1) is 5.92 Å². The average Bonchev–Trinajstić information content (AvgIpc) is 3.31.